The average Bonchev–Trinajstić information content (AvgIpc) is 2.62. The number of nitrogens with zero attached hydrogens (tertiary/aromatic N) is 2. The molecule has 25 heavy (non-hydrogen) atoms. The molecule has 4 heteroatoms. The van der Waals surface area contributed by atoms with Crippen molar-refractivity contribution in [1.82, 2.24) is 4.90 Å². The fraction of sp³-hybridized carbons (Fsp3) is 0.381. The summed E-state index contributed by atoms with van der Waals surface area (Å²) >= 11 is 0. The van der Waals surface area contributed by atoms with E-state index in [9.17, 15) is 4.79 Å². The second-order valence-electron chi connectivity index (χ2n) is 6.73. The number of hydrogen-bond donors (Lipinski definition) is 0. The minimum absolute atomic E-state index is 0.0321. The summed E-state index contributed by atoms with van der Waals surface area (Å²) < 4.78 is 6.13. The Kier molecular flexibility index (Phi) is 4.98. The summed E-state index contributed by atoms with van der Waals surface area (Å²) in [6.07, 6.45) is -0.0321. The molecule has 0 fully saturated rings. The van der Waals surface area contributed by atoms with Crippen molar-refractivity contribution in [3.8, 4) is 5.75 Å². The molecule has 0 radical (unpaired) electrons. The SMILES string of the molecule is CCN1C[C@H](CN(C)C(=O)c2ccc(C)c(C)c2)Oc2ccccc21. The Bertz CT molecular complexity index is 772. The number of ether oxygens (including phenoxy) is 1. The summed E-state index contributed by atoms with van der Waals surface area (Å²) in [6, 6.07) is 14.0. The van der Waals surface area contributed by atoms with Crippen LogP contribution in [0.5, 0.6) is 5.75 Å². The highest BCUT2D eigenvalue weighted by Gasteiger charge is 2.27. The van der Waals surface area contributed by atoms with Gasteiger partial charge in [-0.15, -0.1) is 0 Å². The zero-order chi connectivity index (χ0) is 18.0. The maximum Gasteiger partial charge on any atom is 0.253 e. The van der Waals surface area contributed by atoms with Gasteiger partial charge in [0.25, 0.3) is 5.91 Å². The molecule has 0 N–H and O–H groups in total. The fourth-order valence-corrected chi connectivity index (χ4v) is 3.26. The lowest BCUT2D eigenvalue weighted by molar-refractivity contribution is 0.0709. The van der Waals surface area contributed by atoms with Crippen LogP contribution in [0, 0.1) is 13.8 Å². The molecule has 0 saturated heterocycles. The van der Waals surface area contributed by atoms with E-state index >= 15 is 0 Å². The summed E-state index contributed by atoms with van der Waals surface area (Å²) in [5.41, 5.74) is 4.20. The summed E-state index contributed by atoms with van der Waals surface area (Å²) in [4.78, 5) is 16.8. The average molecular weight is 338 g/mol. The van der Waals surface area contributed by atoms with Gasteiger partial charge in [-0.05, 0) is 56.2 Å². The molecular formula is C21H26N2O2. The number of hydrogen-bond acceptors (Lipinski definition) is 3. The molecule has 0 aliphatic carbocycles. The monoisotopic (exact) mass is 338 g/mol. The van der Waals surface area contributed by atoms with E-state index in [1.165, 1.54) is 5.56 Å². The number of rotatable bonds is 4. The molecule has 1 amide bonds. The summed E-state index contributed by atoms with van der Waals surface area (Å²) in [5, 5.41) is 0. The highest BCUT2D eigenvalue weighted by molar-refractivity contribution is 5.94. The van der Waals surface area contributed by atoms with E-state index in [0.29, 0.717) is 6.54 Å². The summed E-state index contributed by atoms with van der Waals surface area (Å²) in [6.45, 7) is 8.51. The van der Waals surface area contributed by atoms with E-state index in [1.807, 2.05) is 50.4 Å². The summed E-state index contributed by atoms with van der Waals surface area (Å²) in [7, 11) is 1.84. The van der Waals surface area contributed by atoms with Gasteiger partial charge in [-0.3, -0.25) is 4.79 Å². The van der Waals surface area contributed by atoms with Crippen LogP contribution < -0.4 is 9.64 Å². The van der Waals surface area contributed by atoms with Gasteiger partial charge >= 0.3 is 0 Å². The lowest BCUT2D eigenvalue weighted by atomic mass is 10.1. The first-order valence-electron chi connectivity index (χ1n) is 8.83. The minimum atomic E-state index is -0.0321. The second kappa shape index (κ2) is 7.18. The van der Waals surface area contributed by atoms with Crippen molar-refractivity contribution in [3.05, 3.63) is 59.2 Å². The molecule has 2 aromatic rings. The Morgan fingerprint density at radius 2 is 1.96 bits per heavy atom. The van der Waals surface area contributed by atoms with Crippen molar-refractivity contribution in [2.45, 2.75) is 26.9 Å². The normalized spacial score (nSPS) is 16.2. The third-order valence-corrected chi connectivity index (χ3v) is 4.88. The number of benzene rings is 2. The zero-order valence-corrected chi connectivity index (χ0v) is 15.5. The van der Waals surface area contributed by atoms with Crippen LogP contribution >= 0.6 is 0 Å². The van der Waals surface area contributed by atoms with E-state index in [-0.39, 0.29) is 12.0 Å². The molecule has 1 aliphatic rings. The van der Waals surface area contributed by atoms with Gasteiger partial charge in [0, 0.05) is 19.2 Å². The molecule has 4 nitrogen and oxygen atoms in total. The van der Waals surface area contributed by atoms with Crippen LogP contribution in [0.1, 0.15) is 28.4 Å². The van der Waals surface area contributed by atoms with Gasteiger partial charge in [0.2, 0.25) is 0 Å². The first kappa shape index (κ1) is 17.3. The Morgan fingerprint density at radius 1 is 1.20 bits per heavy atom. The van der Waals surface area contributed by atoms with E-state index in [0.717, 1.165) is 35.7 Å². The lowest BCUT2D eigenvalue weighted by Crippen LogP contribution is -2.46. The van der Waals surface area contributed by atoms with Gasteiger partial charge in [-0.2, -0.15) is 0 Å². The Morgan fingerprint density at radius 3 is 2.68 bits per heavy atom. The van der Waals surface area contributed by atoms with Crippen molar-refractivity contribution in [2.75, 3.05) is 31.6 Å². The van der Waals surface area contributed by atoms with Crippen LogP contribution in [0.3, 0.4) is 0 Å². The third kappa shape index (κ3) is 3.63. The Labute approximate surface area is 150 Å². The fourth-order valence-electron chi connectivity index (χ4n) is 3.26. The molecule has 0 saturated carbocycles. The zero-order valence-electron chi connectivity index (χ0n) is 15.5. The molecule has 0 spiro atoms. The molecule has 1 aliphatic heterocycles. The van der Waals surface area contributed by atoms with E-state index < -0.39 is 0 Å². The molecule has 0 bridgehead atoms. The number of amides is 1. The molecule has 3 rings (SSSR count). The van der Waals surface area contributed by atoms with E-state index in [2.05, 4.69) is 24.8 Å². The van der Waals surface area contributed by atoms with Crippen molar-refractivity contribution < 1.29 is 9.53 Å². The molecule has 1 atom stereocenters. The van der Waals surface area contributed by atoms with E-state index in [4.69, 9.17) is 4.74 Å². The highest BCUT2D eigenvalue weighted by Crippen LogP contribution is 2.32. The summed E-state index contributed by atoms with van der Waals surface area (Å²) in [5.74, 6) is 0.932. The largest absolute Gasteiger partial charge is 0.485 e. The van der Waals surface area contributed by atoms with Crippen LogP contribution in [-0.4, -0.2) is 43.6 Å². The third-order valence-electron chi connectivity index (χ3n) is 4.88. The molecule has 0 unspecified atom stereocenters. The van der Waals surface area contributed by atoms with Crippen LogP contribution in [0.25, 0.3) is 0 Å². The predicted molar refractivity (Wildman–Crippen MR) is 102 cm³/mol. The van der Waals surface area contributed by atoms with Gasteiger partial charge in [-0.25, -0.2) is 0 Å². The van der Waals surface area contributed by atoms with Gasteiger partial charge in [0.1, 0.15) is 11.9 Å². The first-order chi connectivity index (χ1) is 12.0. The van der Waals surface area contributed by atoms with Crippen LogP contribution in [0.4, 0.5) is 5.69 Å². The quantitative estimate of drug-likeness (QED) is 0.853. The standard InChI is InChI=1S/C21H26N2O2/c1-5-23-14-18(25-20-9-7-6-8-19(20)23)13-22(4)21(24)17-11-10-15(2)16(3)12-17/h6-12,18H,5,13-14H2,1-4H3/t18-/m0/s1. The maximum absolute atomic E-state index is 12.7. The number of aryl methyl sites for hydroxylation is 2. The second-order valence-corrected chi connectivity index (χ2v) is 6.73. The molecule has 0 aromatic heterocycles. The molecule has 2 aromatic carbocycles. The number of para-hydroxylation sites is 2. The van der Waals surface area contributed by atoms with Gasteiger partial charge in [-0.1, -0.05) is 18.2 Å². The number of carbonyl (C=O) groups excluding carboxylic acids is 1. The first-order valence-corrected chi connectivity index (χ1v) is 8.83. The van der Waals surface area contributed by atoms with E-state index in [1.54, 1.807) is 4.90 Å². The van der Waals surface area contributed by atoms with Crippen LogP contribution in [0.15, 0.2) is 42.5 Å². The smallest absolute Gasteiger partial charge is 0.253 e. The predicted octanol–water partition coefficient (Wildman–Crippen LogP) is 3.66. The van der Waals surface area contributed by atoms with Crippen molar-refractivity contribution >= 4 is 11.6 Å². The van der Waals surface area contributed by atoms with Crippen molar-refractivity contribution in [2.24, 2.45) is 0 Å². The van der Waals surface area contributed by atoms with Gasteiger partial charge in [0.15, 0.2) is 0 Å². The van der Waals surface area contributed by atoms with Crippen LogP contribution in [-0.2, 0) is 0 Å². The lowest BCUT2D eigenvalue weighted by Gasteiger charge is -2.37. The number of fused-ring (bicyclic) bond motifs is 1. The Balaban J connectivity index is 1.71. The highest BCUT2D eigenvalue weighted by atomic mass is 16.5. The molecule has 1 heterocycles. The molecule has 132 valence electrons. The maximum atomic E-state index is 12.7. The Hall–Kier alpha value is -2.49. The number of likely N-dealkylation sites (N-methyl/N-ethyl adjacent to an activating group) is 2. The van der Waals surface area contributed by atoms with Crippen LogP contribution in [0.2, 0.25) is 0 Å². The molecular weight excluding hydrogens is 312 g/mol. The van der Waals surface area contributed by atoms with Gasteiger partial charge in [0.05, 0.1) is 18.8 Å². The minimum Gasteiger partial charge on any atom is -0.485 e. The topological polar surface area (TPSA) is 32.8 Å². The van der Waals surface area contributed by atoms with Crippen molar-refractivity contribution in [3.63, 3.8) is 0 Å². The van der Waals surface area contributed by atoms with Crippen molar-refractivity contribution in [1.29, 1.82) is 0 Å². The number of anilines is 1. The van der Waals surface area contributed by atoms with Gasteiger partial charge < -0.3 is 14.5 Å². The number of carbonyl (C=O) groups is 1.